The number of benzene rings is 1. The predicted molar refractivity (Wildman–Crippen MR) is 156 cm³/mol. The van der Waals surface area contributed by atoms with Gasteiger partial charge >= 0.3 is 5.97 Å². The summed E-state index contributed by atoms with van der Waals surface area (Å²) >= 11 is 0. The van der Waals surface area contributed by atoms with Gasteiger partial charge in [-0.15, -0.1) is 0 Å². The number of morpholine rings is 1. The van der Waals surface area contributed by atoms with Gasteiger partial charge in [-0.2, -0.15) is 5.10 Å². The van der Waals surface area contributed by atoms with Gasteiger partial charge in [-0.1, -0.05) is 12.1 Å². The number of H-pyrrole nitrogens is 1. The highest BCUT2D eigenvalue weighted by Gasteiger charge is 2.27. The molecule has 0 radical (unpaired) electrons. The Hall–Kier alpha value is -3.43. The number of carbonyl (C=O) groups is 1. The van der Waals surface area contributed by atoms with E-state index < -0.39 is 5.97 Å². The Labute approximate surface area is 235 Å². The number of carboxylic acid groups (broad SMARTS) is 1. The monoisotopic (exact) mass is 544 g/mol. The Kier molecular flexibility index (Phi) is 8.29. The van der Waals surface area contributed by atoms with Crippen molar-refractivity contribution in [3.05, 3.63) is 59.5 Å². The molecule has 5 heterocycles. The van der Waals surface area contributed by atoms with Crippen LogP contribution in [0.25, 0.3) is 11.1 Å². The molecule has 2 atom stereocenters. The highest BCUT2D eigenvalue weighted by Crippen LogP contribution is 2.34. The van der Waals surface area contributed by atoms with Crippen LogP contribution in [-0.2, 0) is 22.4 Å². The lowest BCUT2D eigenvalue weighted by atomic mass is 9.91. The number of aromatic nitrogens is 3. The van der Waals surface area contributed by atoms with Gasteiger partial charge in [0.25, 0.3) is 0 Å². The first-order chi connectivity index (χ1) is 19.6. The maximum absolute atomic E-state index is 12.0. The van der Waals surface area contributed by atoms with Crippen molar-refractivity contribution in [1.82, 2.24) is 20.1 Å². The minimum atomic E-state index is -0.755. The highest BCUT2D eigenvalue weighted by molar-refractivity contribution is 5.71. The molecule has 6 rings (SSSR count). The predicted octanol–water partition coefficient (Wildman–Crippen LogP) is 4.18. The number of nitrogens with one attached hydrogen (secondary N) is 2. The van der Waals surface area contributed by atoms with Gasteiger partial charge in [0.15, 0.2) is 0 Å². The first-order valence-electron chi connectivity index (χ1n) is 14.7. The third kappa shape index (κ3) is 6.47. The van der Waals surface area contributed by atoms with Crippen LogP contribution < -0.4 is 10.2 Å². The van der Waals surface area contributed by atoms with Crippen molar-refractivity contribution in [1.29, 1.82) is 0 Å². The number of aliphatic carboxylic acids is 1. The van der Waals surface area contributed by atoms with E-state index in [9.17, 15) is 9.90 Å². The molecule has 3 aliphatic rings. The molecule has 40 heavy (non-hydrogen) atoms. The summed E-state index contributed by atoms with van der Waals surface area (Å²) < 4.78 is 5.58. The number of rotatable bonds is 10. The van der Waals surface area contributed by atoms with Crippen LogP contribution in [0.3, 0.4) is 0 Å². The summed E-state index contributed by atoms with van der Waals surface area (Å²) in [6.07, 6.45) is 9.38. The molecule has 1 unspecified atom stereocenters. The number of pyridine rings is 1. The van der Waals surface area contributed by atoms with Crippen molar-refractivity contribution in [2.75, 3.05) is 62.7 Å². The SMILES string of the molecule is O=C(O)CC(CN1CC[C@@H](CCc2ccc3c(n2)NCCC3)C1)c1cc(-c2cn[nH]c2)cc(N2CCOCC2)c1. The lowest BCUT2D eigenvalue weighted by Crippen LogP contribution is -2.36. The van der Waals surface area contributed by atoms with E-state index in [4.69, 9.17) is 9.72 Å². The van der Waals surface area contributed by atoms with Crippen LogP contribution in [-0.4, -0.2) is 83.6 Å². The Morgan fingerprint density at radius 1 is 1.15 bits per heavy atom. The van der Waals surface area contributed by atoms with Crippen LogP contribution in [0.2, 0.25) is 0 Å². The molecule has 2 saturated heterocycles. The van der Waals surface area contributed by atoms with Crippen LogP contribution in [0, 0.1) is 5.92 Å². The molecule has 9 heteroatoms. The fourth-order valence-corrected chi connectivity index (χ4v) is 6.43. The number of anilines is 2. The largest absolute Gasteiger partial charge is 0.481 e. The van der Waals surface area contributed by atoms with Crippen LogP contribution >= 0.6 is 0 Å². The van der Waals surface area contributed by atoms with Crippen molar-refractivity contribution in [2.45, 2.75) is 44.4 Å². The highest BCUT2D eigenvalue weighted by atomic mass is 16.5. The lowest BCUT2D eigenvalue weighted by molar-refractivity contribution is -0.137. The van der Waals surface area contributed by atoms with Gasteiger partial charge in [0.05, 0.1) is 25.8 Å². The molecular formula is C31H40N6O3. The molecule has 212 valence electrons. The number of hydrogen-bond acceptors (Lipinski definition) is 7. The van der Waals surface area contributed by atoms with E-state index in [1.54, 1.807) is 0 Å². The van der Waals surface area contributed by atoms with Crippen LogP contribution in [0.5, 0.6) is 0 Å². The molecular weight excluding hydrogens is 504 g/mol. The van der Waals surface area contributed by atoms with E-state index in [0.717, 1.165) is 93.1 Å². The average Bonchev–Trinajstić information content (AvgIpc) is 3.69. The molecule has 3 aromatic rings. The topological polar surface area (TPSA) is 107 Å². The van der Waals surface area contributed by atoms with Crippen LogP contribution in [0.1, 0.15) is 48.4 Å². The zero-order chi connectivity index (χ0) is 27.3. The van der Waals surface area contributed by atoms with E-state index in [0.29, 0.717) is 19.1 Å². The summed E-state index contributed by atoms with van der Waals surface area (Å²) in [5.74, 6) is 0.839. The lowest BCUT2D eigenvalue weighted by Gasteiger charge is -2.31. The van der Waals surface area contributed by atoms with E-state index in [1.807, 2.05) is 12.4 Å². The smallest absolute Gasteiger partial charge is 0.304 e. The van der Waals surface area contributed by atoms with Crippen molar-refractivity contribution in [2.24, 2.45) is 5.92 Å². The molecule has 1 aromatic carbocycles. The second-order valence-corrected chi connectivity index (χ2v) is 11.5. The van der Waals surface area contributed by atoms with E-state index in [2.05, 4.69) is 55.6 Å². The second kappa shape index (κ2) is 12.4. The summed E-state index contributed by atoms with van der Waals surface area (Å²) in [6, 6.07) is 11.0. The summed E-state index contributed by atoms with van der Waals surface area (Å²) in [6.45, 7) is 6.86. The number of ether oxygens (including phenoxy) is 1. The molecule has 2 fully saturated rings. The number of hydrogen-bond donors (Lipinski definition) is 3. The standard InChI is InChI=1S/C31H40N6O3/c38-30(39)17-26(24-14-25(27-18-33-34-19-27)16-29(15-24)37-10-12-40-13-11-37)21-36-9-7-22(20-36)3-5-28-6-4-23-2-1-8-32-31(23)35-28/h4,6,14-16,18-19,22,26H,1-3,5,7-13,17,20-21H2,(H,32,35)(H,33,34)(H,38,39)/t22-,26?/m1/s1. The summed E-state index contributed by atoms with van der Waals surface area (Å²) in [4.78, 5) is 21.7. The number of aromatic amines is 1. The fourth-order valence-electron chi connectivity index (χ4n) is 6.43. The maximum Gasteiger partial charge on any atom is 0.304 e. The van der Waals surface area contributed by atoms with Gasteiger partial charge in [0.1, 0.15) is 5.82 Å². The second-order valence-electron chi connectivity index (χ2n) is 11.5. The normalized spacial score (nSPS) is 20.2. The minimum absolute atomic E-state index is 0.0868. The van der Waals surface area contributed by atoms with Crippen LogP contribution in [0.4, 0.5) is 11.5 Å². The number of aryl methyl sites for hydroxylation is 2. The Bertz CT molecular complexity index is 1290. The molecule has 3 aliphatic heterocycles. The van der Waals surface area contributed by atoms with Gasteiger partial charge in [0, 0.05) is 61.8 Å². The van der Waals surface area contributed by atoms with Crippen molar-refractivity contribution < 1.29 is 14.6 Å². The third-order valence-electron chi connectivity index (χ3n) is 8.65. The van der Waals surface area contributed by atoms with Gasteiger partial charge in [-0.3, -0.25) is 9.89 Å². The molecule has 3 N–H and O–H groups in total. The number of fused-ring (bicyclic) bond motifs is 1. The quantitative estimate of drug-likeness (QED) is 0.349. The van der Waals surface area contributed by atoms with Gasteiger partial charge in [-0.05, 0) is 79.5 Å². The van der Waals surface area contributed by atoms with Gasteiger partial charge < -0.3 is 25.0 Å². The average molecular weight is 545 g/mol. The number of carboxylic acids is 1. The van der Waals surface area contributed by atoms with Gasteiger partial charge in [-0.25, -0.2) is 4.98 Å². The van der Waals surface area contributed by atoms with Crippen molar-refractivity contribution in [3.63, 3.8) is 0 Å². The minimum Gasteiger partial charge on any atom is -0.481 e. The van der Waals surface area contributed by atoms with Crippen molar-refractivity contribution >= 4 is 17.5 Å². The summed E-state index contributed by atoms with van der Waals surface area (Å²) in [5, 5.41) is 20.4. The summed E-state index contributed by atoms with van der Waals surface area (Å²) in [7, 11) is 0. The molecule has 9 nitrogen and oxygen atoms in total. The molecule has 0 spiro atoms. The number of nitrogens with zero attached hydrogens (tertiary/aromatic N) is 4. The summed E-state index contributed by atoms with van der Waals surface area (Å²) in [5.41, 5.74) is 6.78. The zero-order valence-electron chi connectivity index (χ0n) is 23.1. The Morgan fingerprint density at radius 3 is 2.88 bits per heavy atom. The molecule has 2 aromatic heterocycles. The molecule has 0 saturated carbocycles. The first kappa shape index (κ1) is 26.8. The Morgan fingerprint density at radius 2 is 2.05 bits per heavy atom. The third-order valence-corrected chi connectivity index (χ3v) is 8.65. The van der Waals surface area contributed by atoms with Gasteiger partial charge in [0.2, 0.25) is 0 Å². The number of likely N-dealkylation sites (tertiary alicyclic amines) is 1. The Balaban J connectivity index is 1.14. The van der Waals surface area contributed by atoms with E-state index in [-0.39, 0.29) is 12.3 Å². The van der Waals surface area contributed by atoms with E-state index in [1.165, 1.54) is 17.7 Å². The maximum atomic E-state index is 12.0. The zero-order valence-corrected chi connectivity index (χ0v) is 23.1. The van der Waals surface area contributed by atoms with Crippen molar-refractivity contribution in [3.8, 4) is 11.1 Å². The molecule has 0 aliphatic carbocycles. The molecule has 0 bridgehead atoms. The first-order valence-corrected chi connectivity index (χ1v) is 14.7. The van der Waals surface area contributed by atoms with E-state index >= 15 is 0 Å². The fraction of sp³-hybridized carbons (Fsp3) is 0.516. The molecule has 0 amide bonds. The van der Waals surface area contributed by atoms with Crippen LogP contribution in [0.15, 0.2) is 42.7 Å².